The lowest BCUT2D eigenvalue weighted by Gasteiger charge is -2.12. The quantitative estimate of drug-likeness (QED) is 0.247. The van der Waals surface area contributed by atoms with Gasteiger partial charge in [-0.1, -0.05) is 18.2 Å². The molecule has 4 heterocycles. The number of rotatable bonds is 4. The van der Waals surface area contributed by atoms with Crippen LogP contribution >= 0.6 is 0 Å². The second-order valence-electron chi connectivity index (χ2n) is 9.84. The largest absolute Gasteiger partial charge is 0.466 e. The molecule has 0 aliphatic carbocycles. The Morgan fingerprint density at radius 2 is 1.33 bits per heavy atom. The number of benzene rings is 4. The Morgan fingerprint density at radius 1 is 0.744 bits per heavy atom. The highest BCUT2D eigenvalue weighted by atomic mass is 16.5. The van der Waals surface area contributed by atoms with Crippen molar-refractivity contribution in [2.45, 2.75) is 19.8 Å². The van der Waals surface area contributed by atoms with Crippen molar-refractivity contribution in [3.8, 4) is 0 Å². The van der Waals surface area contributed by atoms with Crippen molar-refractivity contribution in [1.29, 1.82) is 0 Å². The van der Waals surface area contributed by atoms with E-state index in [9.17, 15) is 14.4 Å². The SMILES string of the molecule is CCOC(=O)CCc1ccc2nc3c4ccc5c6c(ccc(c(=O)n3c2c1)c46)c(=O)n1c2ccccc2nc51. The van der Waals surface area contributed by atoms with Crippen LogP contribution in [0.3, 0.4) is 0 Å². The van der Waals surface area contributed by atoms with Crippen LogP contribution in [0.5, 0.6) is 0 Å². The van der Waals surface area contributed by atoms with Crippen LogP contribution in [0, 0.1) is 0 Å². The molecule has 4 aromatic carbocycles. The summed E-state index contributed by atoms with van der Waals surface area (Å²) in [5.41, 5.74) is 4.57. The van der Waals surface area contributed by atoms with Crippen molar-refractivity contribution in [3.63, 3.8) is 0 Å². The number of pyridine rings is 2. The second kappa shape index (κ2) is 7.70. The smallest absolute Gasteiger partial charge is 0.306 e. The zero-order valence-corrected chi connectivity index (χ0v) is 20.9. The Labute approximate surface area is 219 Å². The molecule has 0 aliphatic heterocycles. The summed E-state index contributed by atoms with van der Waals surface area (Å²) in [5.74, 6) is -0.249. The van der Waals surface area contributed by atoms with Gasteiger partial charge in [0, 0.05) is 38.7 Å². The van der Waals surface area contributed by atoms with Gasteiger partial charge in [0.15, 0.2) is 0 Å². The maximum absolute atomic E-state index is 14.0. The maximum atomic E-state index is 14.0. The number of imidazole rings is 2. The van der Waals surface area contributed by atoms with Crippen molar-refractivity contribution in [3.05, 3.63) is 93.0 Å². The van der Waals surface area contributed by atoms with Gasteiger partial charge in [-0.05, 0) is 67.4 Å². The molecule has 0 saturated heterocycles. The molecule has 0 atom stereocenters. The molecular weight excluding hydrogens is 492 g/mol. The Bertz CT molecular complexity index is 2420. The fraction of sp³-hybridized carbons (Fsp3) is 0.129. The third-order valence-corrected chi connectivity index (χ3v) is 7.71. The van der Waals surface area contributed by atoms with E-state index in [1.807, 2.05) is 54.6 Å². The Morgan fingerprint density at radius 3 is 2.00 bits per heavy atom. The molecule has 39 heavy (non-hydrogen) atoms. The molecule has 0 spiro atoms. The normalized spacial score (nSPS) is 12.3. The molecule has 0 N–H and O–H groups in total. The van der Waals surface area contributed by atoms with E-state index in [0.29, 0.717) is 46.1 Å². The lowest BCUT2D eigenvalue weighted by Crippen LogP contribution is -2.16. The van der Waals surface area contributed by atoms with Crippen LogP contribution in [-0.2, 0) is 16.0 Å². The van der Waals surface area contributed by atoms with Gasteiger partial charge in [-0.3, -0.25) is 23.2 Å². The predicted octanol–water partition coefficient (Wildman–Crippen LogP) is 4.84. The number of ether oxygens (including phenoxy) is 1. The summed E-state index contributed by atoms with van der Waals surface area (Å²) in [4.78, 5) is 49.2. The number of para-hydroxylation sites is 2. The first-order valence-corrected chi connectivity index (χ1v) is 12.9. The molecule has 8 heteroatoms. The average Bonchev–Trinajstić information content (AvgIpc) is 3.53. The number of nitrogens with zero attached hydrogens (tertiary/aromatic N) is 4. The minimum atomic E-state index is -0.249. The van der Waals surface area contributed by atoms with Crippen LogP contribution in [0.1, 0.15) is 18.9 Å². The number of aromatic nitrogens is 4. The van der Waals surface area contributed by atoms with Gasteiger partial charge in [0.2, 0.25) is 0 Å². The average molecular weight is 513 g/mol. The zero-order chi connectivity index (χ0) is 26.4. The van der Waals surface area contributed by atoms with E-state index in [1.165, 1.54) is 0 Å². The van der Waals surface area contributed by atoms with Gasteiger partial charge in [-0.2, -0.15) is 0 Å². The maximum Gasteiger partial charge on any atom is 0.306 e. The van der Waals surface area contributed by atoms with Crippen molar-refractivity contribution in [2.24, 2.45) is 0 Å². The molecule has 0 radical (unpaired) electrons. The summed E-state index contributed by atoms with van der Waals surface area (Å²) in [6, 6.07) is 20.7. The summed E-state index contributed by atoms with van der Waals surface area (Å²) >= 11 is 0. The van der Waals surface area contributed by atoms with E-state index in [-0.39, 0.29) is 23.5 Å². The molecule has 8 aromatic rings. The minimum absolute atomic E-state index is 0.160. The van der Waals surface area contributed by atoms with Crippen LogP contribution in [0.15, 0.2) is 76.3 Å². The summed E-state index contributed by atoms with van der Waals surface area (Å²) in [6.07, 6.45) is 0.770. The summed E-state index contributed by atoms with van der Waals surface area (Å²) in [5, 5.41) is 4.14. The first-order chi connectivity index (χ1) is 19.0. The molecule has 0 amide bonds. The summed E-state index contributed by atoms with van der Waals surface area (Å²) in [7, 11) is 0. The van der Waals surface area contributed by atoms with Crippen molar-refractivity contribution in [1.82, 2.24) is 18.8 Å². The number of carbonyl (C=O) groups excluding carboxylic acids is 1. The van der Waals surface area contributed by atoms with Crippen LogP contribution in [-0.4, -0.2) is 31.3 Å². The number of carbonyl (C=O) groups is 1. The topological polar surface area (TPSA) is 95.0 Å². The number of fused-ring (bicyclic) bond motifs is 8. The number of aryl methyl sites for hydroxylation is 1. The van der Waals surface area contributed by atoms with E-state index in [0.717, 1.165) is 38.1 Å². The van der Waals surface area contributed by atoms with E-state index < -0.39 is 0 Å². The van der Waals surface area contributed by atoms with Crippen molar-refractivity contribution < 1.29 is 9.53 Å². The number of hydrogen-bond donors (Lipinski definition) is 0. The van der Waals surface area contributed by atoms with Gasteiger partial charge in [0.25, 0.3) is 11.1 Å². The molecule has 8 nitrogen and oxygen atoms in total. The fourth-order valence-corrected chi connectivity index (χ4v) is 6.02. The van der Waals surface area contributed by atoms with Crippen LogP contribution in [0.2, 0.25) is 0 Å². The standard InChI is InChI=1S/C31H20N4O4/c1-2-39-25(36)14-8-16-7-13-22-24(15-16)35-29(33-22)18-10-9-17-26-19(11-12-20(27(18)26)31(35)38)30(37)34-23-6-4-3-5-21(23)32-28(17)34/h3-7,9-13,15H,2,8,14H2,1H3. The van der Waals surface area contributed by atoms with Gasteiger partial charge in [0.1, 0.15) is 11.3 Å². The molecule has 0 bridgehead atoms. The molecule has 4 aromatic heterocycles. The van der Waals surface area contributed by atoms with Gasteiger partial charge in [-0.25, -0.2) is 9.97 Å². The molecular formula is C31H20N4O4. The van der Waals surface area contributed by atoms with Gasteiger partial charge in [0.05, 0.1) is 28.7 Å². The Kier molecular flexibility index (Phi) is 4.33. The summed E-state index contributed by atoms with van der Waals surface area (Å²) < 4.78 is 8.35. The first-order valence-electron chi connectivity index (χ1n) is 12.9. The molecule has 188 valence electrons. The first kappa shape index (κ1) is 21.9. The molecule has 0 aliphatic rings. The fourth-order valence-electron chi connectivity index (χ4n) is 6.02. The monoisotopic (exact) mass is 512 g/mol. The second-order valence-corrected chi connectivity index (χ2v) is 9.84. The Hall–Kier alpha value is -5.11. The number of hydrogen-bond acceptors (Lipinski definition) is 6. The third kappa shape index (κ3) is 2.85. The van der Waals surface area contributed by atoms with Crippen LogP contribution in [0.25, 0.3) is 65.7 Å². The van der Waals surface area contributed by atoms with E-state index in [1.54, 1.807) is 27.9 Å². The highest BCUT2D eigenvalue weighted by Gasteiger charge is 2.22. The molecule has 8 rings (SSSR count). The van der Waals surface area contributed by atoms with Crippen molar-refractivity contribution in [2.75, 3.05) is 6.61 Å². The van der Waals surface area contributed by atoms with Gasteiger partial charge in [-0.15, -0.1) is 0 Å². The highest BCUT2D eigenvalue weighted by Crippen LogP contribution is 2.36. The van der Waals surface area contributed by atoms with E-state index >= 15 is 0 Å². The predicted molar refractivity (Wildman–Crippen MR) is 151 cm³/mol. The Balaban J connectivity index is 1.45. The van der Waals surface area contributed by atoms with Gasteiger partial charge >= 0.3 is 5.97 Å². The molecule has 0 saturated carbocycles. The lowest BCUT2D eigenvalue weighted by atomic mass is 9.96. The van der Waals surface area contributed by atoms with Gasteiger partial charge < -0.3 is 4.74 Å². The van der Waals surface area contributed by atoms with E-state index in [2.05, 4.69) is 0 Å². The molecule has 0 unspecified atom stereocenters. The number of esters is 1. The minimum Gasteiger partial charge on any atom is -0.466 e. The lowest BCUT2D eigenvalue weighted by molar-refractivity contribution is -0.143. The third-order valence-electron chi connectivity index (χ3n) is 7.71. The summed E-state index contributed by atoms with van der Waals surface area (Å²) in [6.45, 7) is 2.13. The zero-order valence-electron chi connectivity index (χ0n) is 20.9. The van der Waals surface area contributed by atoms with E-state index in [4.69, 9.17) is 14.7 Å². The van der Waals surface area contributed by atoms with Crippen molar-refractivity contribution >= 4 is 71.6 Å². The molecule has 0 fully saturated rings. The van der Waals surface area contributed by atoms with Crippen LogP contribution < -0.4 is 11.1 Å². The van der Waals surface area contributed by atoms with Crippen LogP contribution in [0.4, 0.5) is 0 Å². The highest BCUT2D eigenvalue weighted by molar-refractivity contribution is 6.27.